The van der Waals surface area contributed by atoms with E-state index in [4.69, 9.17) is 4.74 Å². The maximum atomic E-state index is 13.1. The van der Waals surface area contributed by atoms with Gasteiger partial charge in [0, 0.05) is 42.0 Å². The number of nitrogens with zero attached hydrogens (tertiary/aromatic N) is 8. The average molecular weight is 536 g/mol. The van der Waals surface area contributed by atoms with Crippen molar-refractivity contribution in [1.82, 2.24) is 34.4 Å². The van der Waals surface area contributed by atoms with Gasteiger partial charge >= 0.3 is 0 Å². The third-order valence-electron chi connectivity index (χ3n) is 6.79. The molecule has 0 unspecified atom stereocenters. The molecule has 202 valence electrons. The van der Waals surface area contributed by atoms with Gasteiger partial charge in [-0.05, 0) is 69.8 Å². The molecule has 1 N–H and O–H groups in total. The van der Waals surface area contributed by atoms with Crippen molar-refractivity contribution in [2.75, 3.05) is 37.4 Å². The minimum absolute atomic E-state index is 0.00587. The summed E-state index contributed by atoms with van der Waals surface area (Å²) in [6.45, 7) is 3.49. The molecule has 1 amide bonds. The van der Waals surface area contributed by atoms with Crippen LogP contribution in [0.5, 0.6) is 11.5 Å². The minimum Gasteiger partial charge on any atom is -0.457 e. The number of hydrogen-bond acceptors (Lipinski definition) is 9. The minimum atomic E-state index is 0.00587. The van der Waals surface area contributed by atoms with Gasteiger partial charge in [-0.2, -0.15) is 5.10 Å². The first-order chi connectivity index (χ1) is 19.4. The number of carbonyl (C=O) groups is 1. The predicted octanol–water partition coefficient (Wildman–Crippen LogP) is 4.53. The molecule has 4 aromatic heterocycles. The fraction of sp³-hybridized carbons (Fsp3) is 0.241. The molecule has 0 spiro atoms. The highest BCUT2D eigenvalue weighted by Gasteiger charge is 2.28. The first-order valence-electron chi connectivity index (χ1n) is 13.1. The fourth-order valence-corrected chi connectivity index (χ4v) is 4.68. The van der Waals surface area contributed by atoms with Crippen LogP contribution in [0.3, 0.4) is 0 Å². The van der Waals surface area contributed by atoms with E-state index in [-0.39, 0.29) is 5.91 Å². The molecular formula is C29H29N9O2. The van der Waals surface area contributed by atoms with Crippen LogP contribution in [0.25, 0.3) is 16.6 Å². The molecular weight excluding hydrogens is 506 g/mol. The van der Waals surface area contributed by atoms with Crippen molar-refractivity contribution in [2.24, 2.45) is 0 Å². The molecule has 5 heterocycles. The Labute approximate surface area is 231 Å². The second-order valence-corrected chi connectivity index (χ2v) is 9.94. The Bertz CT molecular complexity index is 1740. The highest BCUT2D eigenvalue weighted by atomic mass is 16.5. The van der Waals surface area contributed by atoms with Gasteiger partial charge in [-0.15, -0.1) is 0 Å². The molecule has 11 heteroatoms. The summed E-state index contributed by atoms with van der Waals surface area (Å²) in [6.07, 6.45) is 10.1. The van der Waals surface area contributed by atoms with Crippen LogP contribution in [-0.2, 0) is 4.79 Å². The van der Waals surface area contributed by atoms with Gasteiger partial charge in [-0.25, -0.2) is 24.5 Å². The second kappa shape index (κ2) is 10.7. The highest BCUT2D eigenvalue weighted by molar-refractivity contribution is 6.08. The SMILES string of the molecule is Cc1cc(Nc2ncnc3cnc(N4CC/C(=C\CCN(C)C)C4=O)cc23)ccc1Oc1ccn2ncnc2c1. The standard InChI is InChI=1S/C29H29N9O2/c1-19-13-21(6-7-25(19)40-22-9-12-38-27(14-22)32-18-34-38)35-28-23-15-26(30-16-24(23)31-17-33-28)37-11-8-20(29(37)39)5-4-10-36(2)3/h5-7,9,12-18H,4,8,10-11H2,1-3H3,(H,31,33,35)/b20-5+. The lowest BCUT2D eigenvalue weighted by Crippen LogP contribution is -2.25. The number of pyridine rings is 2. The molecule has 0 aliphatic carbocycles. The summed E-state index contributed by atoms with van der Waals surface area (Å²) in [4.78, 5) is 34.5. The number of rotatable bonds is 8. The molecule has 5 aromatic rings. The molecule has 40 heavy (non-hydrogen) atoms. The van der Waals surface area contributed by atoms with Gasteiger partial charge < -0.3 is 15.0 Å². The van der Waals surface area contributed by atoms with Gasteiger partial charge in [-0.1, -0.05) is 6.08 Å². The Morgan fingerprint density at radius 3 is 2.83 bits per heavy atom. The first-order valence-corrected chi connectivity index (χ1v) is 13.1. The van der Waals surface area contributed by atoms with Crippen LogP contribution in [-0.4, -0.2) is 67.5 Å². The van der Waals surface area contributed by atoms with E-state index in [0.717, 1.165) is 40.9 Å². The van der Waals surface area contributed by atoms with E-state index in [9.17, 15) is 4.79 Å². The lowest BCUT2D eigenvalue weighted by molar-refractivity contribution is -0.114. The van der Waals surface area contributed by atoms with Gasteiger partial charge in [-0.3, -0.25) is 9.69 Å². The van der Waals surface area contributed by atoms with Crippen molar-refractivity contribution in [2.45, 2.75) is 19.8 Å². The molecule has 0 bridgehead atoms. The number of ether oxygens (including phenoxy) is 1. The van der Waals surface area contributed by atoms with Gasteiger partial charge in [0.2, 0.25) is 0 Å². The molecule has 1 saturated heterocycles. The van der Waals surface area contributed by atoms with E-state index in [1.165, 1.54) is 12.7 Å². The third kappa shape index (κ3) is 5.19. The lowest BCUT2D eigenvalue weighted by atomic mass is 10.2. The molecule has 1 fully saturated rings. The molecule has 11 nitrogen and oxygen atoms in total. The topological polar surface area (TPSA) is 114 Å². The second-order valence-electron chi connectivity index (χ2n) is 9.94. The quantitative estimate of drug-likeness (QED) is 0.286. The summed E-state index contributed by atoms with van der Waals surface area (Å²) in [6, 6.07) is 11.4. The number of nitrogens with one attached hydrogen (secondary N) is 1. The summed E-state index contributed by atoms with van der Waals surface area (Å²) >= 11 is 0. The number of benzene rings is 1. The average Bonchev–Trinajstić information content (AvgIpc) is 3.56. The molecule has 0 atom stereocenters. The summed E-state index contributed by atoms with van der Waals surface area (Å²) in [5, 5.41) is 8.29. The Morgan fingerprint density at radius 1 is 1.07 bits per heavy atom. The van der Waals surface area contributed by atoms with E-state index >= 15 is 0 Å². The summed E-state index contributed by atoms with van der Waals surface area (Å²) in [7, 11) is 4.05. The molecule has 1 aromatic carbocycles. The van der Waals surface area contributed by atoms with Crippen LogP contribution in [0, 0.1) is 6.92 Å². The van der Waals surface area contributed by atoms with E-state index in [1.54, 1.807) is 15.6 Å². The first kappa shape index (κ1) is 25.4. The number of anilines is 3. The Morgan fingerprint density at radius 2 is 1.98 bits per heavy atom. The smallest absolute Gasteiger partial charge is 0.255 e. The number of hydrogen-bond donors (Lipinski definition) is 1. The monoisotopic (exact) mass is 535 g/mol. The van der Waals surface area contributed by atoms with Crippen molar-refractivity contribution in [3.63, 3.8) is 0 Å². The van der Waals surface area contributed by atoms with E-state index < -0.39 is 0 Å². The Balaban J connectivity index is 1.21. The molecule has 1 aliphatic rings. The number of aromatic nitrogens is 6. The van der Waals surface area contributed by atoms with Crippen molar-refractivity contribution in [3.05, 3.63) is 78.7 Å². The maximum Gasteiger partial charge on any atom is 0.255 e. The normalized spacial score (nSPS) is 14.7. The van der Waals surface area contributed by atoms with E-state index in [0.29, 0.717) is 41.5 Å². The molecule has 1 aliphatic heterocycles. The molecule has 0 saturated carbocycles. The van der Waals surface area contributed by atoms with Crippen molar-refractivity contribution >= 4 is 39.8 Å². The number of aryl methyl sites for hydroxylation is 1. The Hall–Kier alpha value is -4.90. The zero-order chi connectivity index (χ0) is 27.6. The molecule has 0 radical (unpaired) electrons. The van der Waals surface area contributed by atoms with E-state index in [1.807, 2.05) is 69.7 Å². The van der Waals surface area contributed by atoms with Crippen LogP contribution < -0.4 is 15.0 Å². The van der Waals surface area contributed by atoms with Gasteiger partial charge in [0.15, 0.2) is 5.65 Å². The van der Waals surface area contributed by atoms with Gasteiger partial charge in [0.1, 0.15) is 35.8 Å². The summed E-state index contributed by atoms with van der Waals surface area (Å²) < 4.78 is 7.78. The number of amides is 1. The van der Waals surface area contributed by atoms with Crippen LogP contribution in [0.15, 0.2) is 73.1 Å². The predicted molar refractivity (Wildman–Crippen MR) is 153 cm³/mol. The maximum absolute atomic E-state index is 13.1. The van der Waals surface area contributed by atoms with Crippen LogP contribution in [0.4, 0.5) is 17.3 Å². The summed E-state index contributed by atoms with van der Waals surface area (Å²) in [5.74, 6) is 2.64. The van der Waals surface area contributed by atoms with E-state index in [2.05, 4.69) is 35.3 Å². The molecule has 6 rings (SSSR count). The largest absolute Gasteiger partial charge is 0.457 e. The highest BCUT2D eigenvalue weighted by Crippen LogP contribution is 2.32. The Kier molecular flexibility index (Phi) is 6.79. The zero-order valence-corrected chi connectivity index (χ0v) is 22.6. The number of carbonyl (C=O) groups excluding carboxylic acids is 1. The van der Waals surface area contributed by atoms with Crippen LogP contribution in [0.2, 0.25) is 0 Å². The van der Waals surface area contributed by atoms with Crippen molar-refractivity contribution in [1.29, 1.82) is 0 Å². The van der Waals surface area contributed by atoms with Gasteiger partial charge in [0.25, 0.3) is 5.91 Å². The van der Waals surface area contributed by atoms with Crippen LogP contribution >= 0.6 is 0 Å². The lowest BCUT2D eigenvalue weighted by Gasteiger charge is -2.16. The van der Waals surface area contributed by atoms with Crippen LogP contribution in [0.1, 0.15) is 18.4 Å². The number of fused-ring (bicyclic) bond motifs is 2. The zero-order valence-electron chi connectivity index (χ0n) is 22.6. The third-order valence-corrected chi connectivity index (χ3v) is 6.79. The summed E-state index contributed by atoms with van der Waals surface area (Å²) in [5.41, 5.74) is 4.04. The van der Waals surface area contributed by atoms with Crippen molar-refractivity contribution < 1.29 is 9.53 Å². The van der Waals surface area contributed by atoms with Crippen molar-refractivity contribution in [3.8, 4) is 11.5 Å². The fourth-order valence-electron chi connectivity index (χ4n) is 4.68. The van der Waals surface area contributed by atoms with Gasteiger partial charge in [0.05, 0.1) is 11.7 Å².